The molecule has 0 saturated carbocycles. The molecule has 0 aliphatic carbocycles. The number of rotatable bonds is 8. The second-order valence-electron chi connectivity index (χ2n) is 6.28. The van der Waals surface area contributed by atoms with E-state index in [1.54, 1.807) is 19.6 Å². The van der Waals surface area contributed by atoms with Gasteiger partial charge in [0.05, 0.1) is 25.7 Å². The zero-order valence-electron chi connectivity index (χ0n) is 16.4. The number of nitrogens with zero attached hydrogens (tertiary/aromatic N) is 3. The first kappa shape index (κ1) is 19.5. The van der Waals surface area contributed by atoms with Crippen LogP contribution >= 0.6 is 0 Å². The van der Waals surface area contributed by atoms with Crippen molar-refractivity contribution in [1.29, 1.82) is 0 Å². The molecule has 0 aliphatic rings. The maximum absolute atomic E-state index is 5.42. The predicted octanol–water partition coefficient (Wildman–Crippen LogP) is 3.18. The van der Waals surface area contributed by atoms with Crippen LogP contribution in [0, 0.1) is 0 Å². The quantitative estimate of drug-likeness (QED) is 0.467. The molecule has 6 nitrogen and oxygen atoms in total. The van der Waals surface area contributed by atoms with Gasteiger partial charge in [-0.15, -0.1) is 0 Å². The molecule has 0 spiro atoms. The Morgan fingerprint density at radius 3 is 2.61 bits per heavy atom. The van der Waals surface area contributed by atoms with Gasteiger partial charge >= 0.3 is 0 Å². The van der Waals surface area contributed by atoms with E-state index in [9.17, 15) is 0 Å². The summed E-state index contributed by atoms with van der Waals surface area (Å²) in [5.74, 6) is 1.72. The van der Waals surface area contributed by atoms with Crippen molar-refractivity contribution >= 4 is 5.96 Å². The number of methoxy groups -OCH3 is 1. The van der Waals surface area contributed by atoms with Crippen molar-refractivity contribution in [2.75, 3.05) is 20.2 Å². The molecule has 1 aromatic heterocycles. The Labute approximate surface area is 166 Å². The number of guanidine groups is 1. The van der Waals surface area contributed by atoms with Crippen LogP contribution in [0.2, 0.25) is 0 Å². The van der Waals surface area contributed by atoms with E-state index in [0.717, 1.165) is 42.5 Å². The Morgan fingerprint density at radius 2 is 1.86 bits per heavy atom. The zero-order chi connectivity index (χ0) is 19.6. The van der Waals surface area contributed by atoms with Crippen LogP contribution in [0.25, 0.3) is 5.69 Å². The fraction of sp³-hybridized carbons (Fsp3) is 0.273. The highest BCUT2D eigenvalue weighted by Crippen LogP contribution is 2.17. The fourth-order valence-corrected chi connectivity index (χ4v) is 3.03. The van der Waals surface area contributed by atoms with E-state index in [-0.39, 0.29) is 0 Å². The third-order valence-electron chi connectivity index (χ3n) is 4.41. The summed E-state index contributed by atoms with van der Waals surface area (Å²) >= 11 is 0. The standard InChI is InChI=1S/C22H27N5O/c1-3-24-22(25-13-12-18-8-5-7-11-21(18)28-2)26-16-19-9-4-6-10-20(19)27-15-14-23-17-27/h4-11,14-15,17H,3,12-13,16H2,1-2H3,(H2,24,25,26). The number of aromatic nitrogens is 2. The Balaban J connectivity index is 1.65. The number of benzene rings is 2. The predicted molar refractivity (Wildman–Crippen MR) is 113 cm³/mol. The molecule has 0 aliphatic heterocycles. The minimum Gasteiger partial charge on any atom is -0.496 e. The second-order valence-corrected chi connectivity index (χ2v) is 6.28. The molecule has 28 heavy (non-hydrogen) atoms. The van der Waals surface area contributed by atoms with Gasteiger partial charge in [0.25, 0.3) is 0 Å². The fourth-order valence-electron chi connectivity index (χ4n) is 3.03. The smallest absolute Gasteiger partial charge is 0.191 e. The van der Waals surface area contributed by atoms with E-state index in [1.807, 2.05) is 41.1 Å². The highest BCUT2D eigenvalue weighted by molar-refractivity contribution is 5.79. The topological polar surface area (TPSA) is 63.5 Å². The van der Waals surface area contributed by atoms with Gasteiger partial charge in [0.1, 0.15) is 5.75 Å². The lowest BCUT2D eigenvalue weighted by atomic mass is 10.1. The second kappa shape index (κ2) is 10.2. The molecular formula is C22H27N5O. The van der Waals surface area contributed by atoms with E-state index in [0.29, 0.717) is 6.54 Å². The Morgan fingerprint density at radius 1 is 1.07 bits per heavy atom. The summed E-state index contributed by atoms with van der Waals surface area (Å²) in [5.41, 5.74) is 3.41. The highest BCUT2D eigenvalue weighted by atomic mass is 16.5. The van der Waals surface area contributed by atoms with Crippen molar-refractivity contribution in [2.24, 2.45) is 4.99 Å². The number of aliphatic imine (C=N–C) groups is 1. The van der Waals surface area contributed by atoms with Gasteiger partial charge in [-0.1, -0.05) is 36.4 Å². The first-order chi connectivity index (χ1) is 13.8. The SMILES string of the molecule is CCNC(=NCc1ccccc1-n1ccnc1)NCCc1ccccc1OC. The van der Waals surface area contributed by atoms with Crippen LogP contribution in [0.4, 0.5) is 0 Å². The van der Waals surface area contributed by atoms with E-state index in [4.69, 9.17) is 9.73 Å². The van der Waals surface area contributed by atoms with Gasteiger partial charge in [-0.3, -0.25) is 0 Å². The molecular weight excluding hydrogens is 350 g/mol. The number of hydrogen-bond donors (Lipinski definition) is 2. The summed E-state index contributed by atoms with van der Waals surface area (Å²) in [7, 11) is 1.70. The van der Waals surface area contributed by atoms with E-state index in [1.165, 1.54) is 5.56 Å². The molecule has 2 N–H and O–H groups in total. The molecule has 0 saturated heterocycles. The molecule has 3 aromatic rings. The summed E-state index contributed by atoms with van der Waals surface area (Å²) in [6, 6.07) is 16.3. The average molecular weight is 377 g/mol. The van der Waals surface area contributed by atoms with Gasteiger partial charge in [0.15, 0.2) is 5.96 Å². The van der Waals surface area contributed by atoms with Gasteiger partial charge in [-0.05, 0) is 36.6 Å². The van der Waals surface area contributed by atoms with Crippen LogP contribution in [0.3, 0.4) is 0 Å². The van der Waals surface area contributed by atoms with Crippen LogP contribution in [0.5, 0.6) is 5.75 Å². The summed E-state index contributed by atoms with van der Waals surface area (Å²) in [6.07, 6.45) is 6.39. The largest absolute Gasteiger partial charge is 0.496 e. The average Bonchev–Trinajstić information content (AvgIpc) is 3.27. The molecule has 0 fully saturated rings. The Bertz CT molecular complexity index is 889. The zero-order valence-corrected chi connectivity index (χ0v) is 16.4. The molecule has 1 heterocycles. The molecule has 0 amide bonds. The maximum Gasteiger partial charge on any atom is 0.191 e. The maximum atomic E-state index is 5.42. The van der Waals surface area contributed by atoms with Gasteiger partial charge in [0, 0.05) is 25.5 Å². The highest BCUT2D eigenvalue weighted by Gasteiger charge is 2.05. The molecule has 2 aromatic carbocycles. The van der Waals surface area contributed by atoms with Gasteiger partial charge < -0.3 is 19.9 Å². The first-order valence-electron chi connectivity index (χ1n) is 9.52. The van der Waals surface area contributed by atoms with Crippen LogP contribution in [0.15, 0.2) is 72.2 Å². The minimum atomic E-state index is 0.582. The van der Waals surface area contributed by atoms with Crippen LogP contribution in [-0.4, -0.2) is 35.7 Å². The van der Waals surface area contributed by atoms with E-state index >= 15 is 0 Å². The van der Waals surface area contributed by atoms with Gasteiger partial charge in [-0.2, -0.15) is 0 Å². The van der Waals surface area contributed by atoms with Gasteiger partial charge in [-0.25, -0.2) is 9.98 Å². The number of imidazole rings is 1. The Hall–Kier alpha value is -3.28. The lowest BCUT2D eigenvalue weighted by Crippen LogP contribution is -2.38. The molecule has 6 heteroatoms. The molecule has 146 valence electrons. The monoisotopic (exact) mass is 377 g/mol. The third-order valence-corrected chi connectivity index (χ3v) is 4.41. The summed E-state index contributed by atoms with van der Waals surface area (Å²) in [5, 5.41) is 6.72. The van der Waals surface area contributed by atoms with Crippen molar-refractivity contribution in [3.63, 3.8) is 0 Å². The van der Waals surface area contributed by atoms with E-state index < -0.39 is 0 Å². The molecule has 0 radical (unpaired) electrons. The van der Waals surface area contributed by atoms with E-state index in [2.05, 4.69) is 40.7 Å². The van der Waals surface area contributed by atoms with Crippen molar-refractivity contribution in [2.45, 2.75) is 19.9 Å². The lowest BCUT2D eigenvalue weighted by Gasteiger charge is -2.13. The minimum absolute atomic E-state index is 0.582. The lowest BCUT2D eigenvalue weighted by molar-refractivity contribution is 0.409. The number of hydrogen-bond acceptors (Lipinski definition) is 3. The summed E-state index contributed by atoms with van der Waals surface area (Å²) < 4.78 is 7.43. The number of ether oxygens (including phenoxy) is 1. The Kier molecular flexibility index (Phi) is 7.07. The molecule has 3 rings (SSSR count). The van der Waals surface area contributed by atoms with Crippen LogP contribution in [-0.2, 0) is 13.0 Å². The number of para-hydroxylation sites is 2. The summed E-state index contributed by atoms with van der Waals surface area (Å²) in [4.78, 5) is 8.90. The van der Waals surface area contributed by atoms with Crippen LogP contribution in [0.1, 0.15) is 18.1 Å². The van der Waals surface area contributed by atoms with Crippen molar-refractivity contribution in [3.8, 4) is 11.4 Å². The number of nitrogens with one attached hydrogen (secondary N) is 2. The van der Waals surface area contributed by atoms with Crippen LogP contribution < -0.4 is 15.4 Å². The normalized spacial score (nSPS) is 11.3. The van der Waals surface area contributed by atoms with Gasteiger partial charge in [0.2, 0.25) is 0 Å². The molecule has 0 bridgehead atoms. The van der Waals surface area contributed by atoms with Crippen molar-refractivity contribution < 1.29 is 4.74 Å². The first-order valence-corrected chi connectivity index (χ1v) is 9.52. The molecule has 0 unspecified atom stereocenters. The van der Waals surface area contributed by atoms with Crippen molar-refractivity contribution in [1.82, 2.24) is 20.2 Å². The summed E-state index contributed by atoms with van der Waals surface area (Å²) in [6.45, 7) is 4.23. The van der Waals surface area contributed by atoms with Crippen molar-refractivity contribution in [3.05, 3.63) is 78.4 Å². The molecule has 0 atom stereocenters. The third kappa shape index (κ3) is 5.13.